The van der Waals surface area contributed by atoms with Crippen molar-refractivity contribution in [3.63, 3.8) is 0 Å². The molecule has 0 spiro atoms. The molecule has 0 amide bonds. The number of alkyl halides is 3. The van der Waals surface area contributed by atoms with E-state index in [1.165, 1.54) is 41.2 Å². The summed E-state index contributed by atoms with van der Waals surface area (Å²) in [6, 6.07) is 8.34. The third kappa shape index (κ3) is 3.21. The van der Waals surface area contributed by atoms with Gasteiger partial charge in [-0.15, -0.1) is 0 Å². The quantitative estimate of drug-likeness (QED) is 0.691. The van der Waals surface area contributed by atoms with Gasteiger partial charge in [0.1, 0.15) is 11.6 Å². The number of rotatable bonds is 2. The van der Waals surface area contributed by atoms with Crippen molar-refractivity contribution in [2.45, 2.75) is 12.7 Å². The molecule has 2 heterocycles. The lowest BCUT2D eigenvalue weighted by Gasteiger charge is -2.15. The van der Waals surface area contributed by atoms with Crippen molar-refractivity contribution in [3.8, 4) is 6.07 Å². The van der Waals surface area contributed by atoms with E-state index >= 15 is 0 Å². The Kier molecular flexibility index (Phi) is 4.23. The van der Waals surface area contributed by atoms with Crippen LogP contribution in [0.3, 0.4) is 0 Å². The number of hydrogen-bond acceptors (Lipinski definition) is 3. The van der Waals surface area contributed by atoms with Crippen molar-refractivity contribution in [3.05, 3.63) is 74.8 Å². The Morgan fingerprint density at radius 2 is 2.04 bits per heavy atom. The summed E-state index contributed by atoms with van der Waals surface area (Å²) in [4.78, 5) is 16.1. The number of pyridine rings is 2. The molecule has 0 N–H and O–H groups in total. The average Bonchev–Trinajstić information content (AvgIpc) is 2.57. The number of nitriles is 1. The maximum Gasteiger partial charge on any atom is 0.418 e. The lowest BCUT2D eigenvalue weighted by atomic mass is 10.1. The van der Waals surface area contributed by atoms with E-state index in [4.69, 9.17) is 16.9 Å². The second-order valence-corrected chi connectivity index (χ2v) is 5.70. The molecule has 0 fully saturated rings. The van der Waals surface area contributed by atoms with Gasteiger partial charge in [-0.1, -0.05) is 11.6 Å². The summed E-state index contributed by atoms with van der Waals surface area (Å²) >= 11 is 5.89. The SMILES string of the molecule is N#Cc1cn(Cc2ncccc2C(F)(F)F)c2ccc(Cl)cc2c1=O. The first kappa shape index (κ1) is 17.0. The van der Waals surface area contributed by atoms with Gasteiger partial charge in [0.05, 0.1) is 23.3 Å². The van der Waals surface area contributed by atoms with E-state index in [-0.39, 0.29) is 23.2 Å². The second-order valence-electron chi connectivity index (χ2n) is 5.27. The third-order valence-electron chi connectivity index (χ3n) is 3.68. The van der Waals surface area contributed by atoms with Crippen LogP contribution in [-0.2, 0) is 12.7 Å². The molecule has 25 heavy (non-hydrogen) atoms. The Morgan fingerprint density at radius 1 is 1.28 bits per heavy atom. The van der Waals surface area contributed by atoms with Gasteiger partial charge in [-0.05, 0) is 30.3 Å². The standard InChI is InChI=1S/C17H9ClF3N3O/c18-11-3-4-15-12(6-11)16(25)10(7-22)8-24(15)9-14-13(17(19,20)21)2-1-5-23-14/h1-6,8H,9H2. The molecule has 0 aliphatic carbocycles. The fourth-order valence-corrected chi connectivity index (χ4v) is 2.74. The van der Waals surface area contributed by atoms with E-state index < -0.39 is 17.2 Å². The van der Waals surface area contributed by atoms with E-state index in [1.54, 1.807) is 6.07 Å². The highest BCUT2D eigenvalue weighted by Gasteiger charge is 2.33. The summed E-state index contributed by atoms with van der Waals surface area (Å²) in [7, 11) is 0. The third-order valence-corrected chi connectivity index (χ3v) is 3.91. The number of halogens is 4. The zero-order chi connectivity index (χ0) is 18.2. The fraction of sp³-hybridized carbons (Fsp3) is 0.118. The first-order chi connectivity index (χ1) is 11.8. The molecule has 1 aromatic carbocycles. The van der Waals surface area contributed by atoms with Crippen molar-refractivity contribution in [2.75, 3.05) is 0 Å². The van der Waals surface area contributed by atoms with Crippen LogP contribution < -0.4 is 5.43 Å². The van der Waals surface area contributed by atoms with E-state index in [2.05, 4.69) is 4.98 Å². The van der Waals surface area contributed by atoms with Crippen LogP contribution in [0.25, 0.3) is 10.9 Å². The highest BCUT2D eigenvalue weighted by atomic mass is 35.5. The van der Waals surface area contributed by atoms with Gasteiger partial charge in [0, 0.05) is 22.8 Å². The molecule has 0 radical (unpaired) electrons. The molecule has 0 aliphatic rings. The minimum atomic E-state index is -4.56. The van der Waals surface area contributed by atoms with Crippen LogP contribution in [0.5, 0.6) is 0 Å². The van der Waals surface area contributed by atoms with Crippen LogP contribution in [0.1, 0.15) is 16.8 Å². The summed E-state index contributed by atoms with van der Waals surface area (Å²) in [5.74, 6) is 0. The topological polar surface area (TPSA) is 58.7 Å². The number of benzene rings is 1. The number of fused-ring (bicyclic) bond motifs is 1. The molecule has 3 rings (SSSR count). The van der Waals surface area contributed by atoms with Gasteiger partial charge in [-0.25, -0.2) is 0 Å². The van der Waals surface area contributed by atoms with Crippen LogP contribution in [0.4, 0.5) is 13.2 Å². The lowest BCUT2D eigenvalue weighted by molar-refractivity contribution is -0.138. The molecule has 0 atom stereocenters. The molecule has 126 valence electrons. The monoisotopic (exact) mass is 363 g/mol. The molecule has 0 unspecified atom stereocenters. The fourth-order valence-electron chi connectivity index (χ4n) is 2.56. The number of hydrogen-bond donors (Lipinski definition) is 0. The van der Waals surface area contributed by atoms with Crippen molar-refractivity contribution in [1.82, 2.24) is 9.55 Å². The normalized spacial score (nSPS) is 11.5. The van der Waals surface area contributed by atoms with Gasteiger partial charge in [0.25, 0.3) is 0 Å². The highest BCUT2D eigenvalue weighted by molar-refractivity contribution is 6.31. The lowest BCUT2D eigenvalue weighted by Crippen LogP contribution is -2.17. The molecular weight excluding hydrogens is 355 g/mol. The van der Waals surface area contributed by atoms with Gasteiger partial charge < -0.3 is 4.57 Å². The summed E-state index contributed by atoms with van der Waals surface area (Å²) < 4.78 is 40.9. The van der Waals surface area contributed by atoms with Crippen LogP contribution in [0, 0.1) is 11.3 Å². The summed E-state index contributed by atoms with van der Waals surface area (Å²) in [5.41, 5.74) is -1.41. The Labute approximate surface area is 144 Å². The zero-order valence-electron chi connectivity index (χ0n) is 12.5. The molecule has 8 heteroatoms. The first-order valence-corrected chi connectivity index (χ1v) is 7.43. The Balaban J connectivity index is 2.23. The Hall–Kier alpha value is -2.85. The van der Waals surface area contributed by atoms with Gasteiger partial charge in [0.2, 0.25) is 5.43 Å². The van der Waals surface area contributed by atoms with Gasteiger partial charge in [-0.3, -0.25) is 9.78 Å². The minimum absolute atomic E-state index is 0.163. The summed E-state index contributed by atoms with van der Waals surface area (Å²) in [5, 5.41) is 9.58. The number of aromatic nitrogens is 2. The van der Waals surface area contributed by atoms with Crippen LogP contribution >= 0.6 is 11.6 Å². The van der Waals surface area contributed by atoms with Crippen molar-refractivity contribution in [1.29, 1.82) is 5.26 Å². The van der Waals surface area contributed by atoms with Crippen LogP contribution in [0.2, 0.25) is 5.02 Å². The Bertz CT molecular complexity index is 1070. The molecule has 0 saturated carbocycles. The molecule has 0 aliphatic heterocycles. The molecular formula is C17H9ClF3N3O. The molecule has 4 nitrogen and oxygen atoms in total. The van der Waals surface area contributed by atoms with Crippen LogP contribution in [-0.4, -0.2) is 9.55 Å². The molecule has 3 aromatic rings. The maximum absolute atomic E-state index is 13.2. The minimum Gasteiger partial charge on any atom is -0.340 e. The van der Waals surface area contributed by atoms with E-state index in [1.807, 2.05) is 0 Å². The van der Waals surface area contributed by atoms with E-state index in [0.29, 0.717) is 10.5 Å². The first-order valence-electron chi connectivity index (χ1n) is 7.05. The maximum atomic E-state index is 13.2. The smallest absolute Gasteiger partial charge is 0.340 e. The summed E-state index contributed by atoms with van der Waals surface area (Å²) in [6.45, 7) is -0.247. The van der Waals surface area contributed by atoms with Crippen molar-refractivity contribution >= 4 is 22.5 Å². The Morgan fingerprint density at radius 3 is 2.72 bits per heavy atom. The van der Waals surface area contributed by atoms with Crippen molar-refractivity contribution < 1.29 is 13.2 Å². The van der Waals surface area contributed by atoms with Gasteiger partial charge in [-0.2, -0.15) is 18.4 Å². The van der Waals surface area contributed by atoms with Crippen molar-refractivity contribution in [2.24, 2.45) is 0 Å². The number of nitrogens with zero attached hydrogens (tertiary/aromatic N) is 3. The predicted octanol–water partition coefficient (Wildman–Crippen LogP) is 3.99. The highest BCUT2D eigenvalue weighted by Crippen LogP contribution is 2.31. The van der Waals surface area contributed by atoms with E-state index in [9.17, 15) is 18.0 Å². The molecule has 2 aromatic heterocycles. The summed E-state index contributed by atoms with van der Waals surface area (Å²) in [6.07, 6.45) is -2.06. The predicted molar refractivity (Wildman–Crippen MR) is 86.3 cm³/mol. The average molecular weight is 364 g/mol. The van der Waals surface area contributed by atoms with Crippen LogP contribution in [0.15, 0.2) is 47.5 Å². The molecule has 0 bridgehead atoms. The van der Waals surface area contributed by atoms with E-state index in [0.717, 1.165) is 6.07 Å². The van der Waals surface area contributed by atoms with Gasteiger partial charge >= 0.3 is 6.18 Å². The largest absolute Gasteiger partial charge is 0.418 e. The molecule has 0 saturated heterocycles. The zero-order valence-corrected chi connectivity index (χ0v) is 13.3. The second kappa shape index (κ2) is 6.22. The van der Waals surface area contributed by atoms with Gasteiger partial charge in [0.15, 0.2) is 0 Å².